The summed E-state index contributed by atoms with van der Waals surface area (Å²) in [5.74, 6) is 0.510. The Kier molecular flexibility index (Phi) is 5.70. The Morgan fingerprint density at radius 2 is 1.75 bits per heavy atom. The third kappa shape index (κ3) is 4.58. The van der Waals surface area contributed by atoms with Gasteiger partial charge in [-0.05, 0) is 48.8 Å². The van der Waals surface area contributed by atoms with Crippen LogP contribution < -0.4 is 5.32 Å². The van der Waals surface area contributed by atoms with Crippen LogP contribution in [0.25, 0.3) is 0 Å². The monoisotopic (exact) mass is 377 g/mol. The zero-order valence-corrected chi connectivity index (χ0v) is 16.1. The maximum absolute atomic E-state index is 12.8. The molecule has 0 spiro atoms. The second-order valence-electron chi connectivity index (χ2n) is 7.99. The topological polar surface area (TPSA) is 62.3 Å². The van der Waals surface area contributed by atoms with E-state index in [1.165, 1.54) is 5.56 Å². The molecular weight excluding hydrogens is 350 g/mol. The summed E-state index contributed by atoms with van der Waals surface area (Å²) in [5, 5.41) is 2.93. The molecule has 1 saturated carbocycles. The summed E-state index contributed by atoms with van der Waals surface area (Å²) in [4.78, 5) is 31.1. The summed E-state index contributed by atoms with van der Waals surface area (Å²) >= 11 is 0. The molecule has 1 aromatic heterocycles. The van der Waals surface area contributed by atoms with Gasteiger partial charge in [0.2, 0.25) is 11.8 Å². The van der Waals surface area contributed by atoms with E-state index in [0.717, 1.165) is 37.9 Å². The molecule has 146 valence electrons. The van der Waals surface area contributed by atoms with Gasteiger partial charge in [0.05, 0.1) is 11.8 Å². The maximum Gasteiger partial charge on any atom is 0.226 e. The van der Waals surface area contributed by atoms with Crippen LogP contribution in [0.4, 0.5) is 0 Å². The number of rotatable bonds is 6. The van der Waals surface area contributed by atoms with E-state index in [2.05, 4.69) is 34.6 Å². The molecule has 2 aliphatic rings. The Balaban J connectivity index is 1.20. The molecule has 1 aliphatic heterocycles. The Morgan fingerprint density at radius 1 is 1.00 bits per heavy atom. The van der Waals surface area contributed by atoms with E-state index in [9.17, 15) is 9.59 Å². The highest BCUT2D eigenvalue weighted by Crippen LogP contribution is 2.41. The van der Waals surface area contributed by atoms with Crippen molar-refractivity contribution in [1.29, 1.82) is 0 Å². The van der Waals surface area contributed by atoms with Crippen LogP contribution >= 0.6 is 0 Å². The summed E-state index contributed by atoms with van der Waals surface area (Å²) in [7, 11) is 0. The van der Waals surface area contributed by atoms with Crippen molar-refractivity contribution >= 4 is 11.8 Å². The zero-order chi connectivity index (χ0) is 19.3. The number of nitrogens with zero attached hydrogens (tertiary/aromatic N) is 2. The van der Waals surface area contributed by atoms with Gasteiger partial charge in [0.1, 0.15) is 0 Å². The molecule has 1 aliphatic carbocycles. The third-order valence-corrected chi connectivity index (χ3v) is 5.93. The number of likely N-dealkylation sites (tertiary alicyclic amines) is 1. The lowest BCUT2D eigenvalue weighted by atomic mass is 9.90. The summed E-state index contributed by atoms with van der Waals surface area (Å²) < 4.78 is 0. The van der Waals surface area contributed by atoms with Crippen LogP contribution in [0.15, 0.2) is 54.9 Å². The van der Waals surface area contributed by atoms with E-state index in [-0.39, 0.29) is 23.7 Å². The van der Waals surface area contributed by atoms with E-state index in [0.29, 0.717) is 18.9 Å². The summed E-state index contributed by atoms with van der Waals surface area (Å²) in [6.07, 6.45) is 7.32. The van der Waals surface area contributed by atoms with Crippen LogP contribution in [0.3, 0.4) is 0 Å². The highest BCUT2D eigenvalue weighted by molar-refractivity contribution is 5.92. The van der Waals surface area contributed by atoms with Crippen molar-refractivity contribution in [3.05, 3.63) is 66.0 Å². The SMILES string of the molecule is O=C(NCc1cccnc1)C1CC1C(=O)N1CCC(Cc2ccccc2)CC1. The molecule has 0 bridgehead atoms. The first-order valence-corrected chi connectivity index (χ1v) is 10.2. The Bertz CT molecular complexity index is 801. The molecule has 0 radical (unpaired) electrons. The number of benzene rings is 1. The van der Waals surface area contributed by atoms with Crippen molar-refractivity contribution in [1.82, 2.24) is 15.2 Å². The molecule has 2 aromatic rings. The molecule has 1 N–H and O–H groups in total. The fourth-order valence-corrected chi connectivity index (χ4v) is 4.12. The molecular formula is C23H27N3O2. The van der Waals surface area contributed by atoms with Crippen molar-refractivity contribution < 1.29 is 9.59 Å². The van der Waals surface area contributed by atoms with E-state index in [1.807, 2.05) is 23.1 Å². The smallest absolute Gasteiger partial charge is 0.226 e. The molecule has 1 saturated heterocycles. The van der Waals surface area contributed by atoms with E-state index in [4.69, 9.17) is 0 Å². The van der Waals surface area contributed by atoms with Crippen molar-refractivity contribution in [2.75, 3.05) is 13.1 Å². The third-order valence-electron chi connectivity index (χ3n) is 5.93. The Labute approximate surface area is 166 Å². The highest BCUT2D eigenvalue weighted by atomic mass is 16.2. The van der Waals surface area contributed by atoms with Crippen molar-refractivity contribution in [3.8, 4) is 0 Å². The fourth-order valence-electron chi connectivity index (χ4n) is 4.12. The van der Waals surface area contributed by atoms with Crippen LogP contribution in [-0.4, -0.2) is 34.8 Å². The first kappa shape index (κ1) is 18.7. The minimum Gasteiger partial charge on any atom is -0.352 e. The summed E-state index contributed by atoms with van der Waals surface area (Å²) in [6.45, 7) is 2.10. The van der Waals surface area contributed by atoms with Gasteiger partial charge in [-0.3, -0.25) is 14.6 Å². The first-order valence-electron chi connectivity index (χ1n) is 10.2. The molecule has 28 heavy (non-hydrogen) atoms. The lowest BCUT2D eigenvalue weighted by Crippen LogP contribution is -2.40. The second-order valence-corrected chi connectivity index (χ2v) is 7.99. The van der Waals surface area contributed by atoms with Crippen LogP contribution in [0.1, 0.15) is 30.4 Å². The lowest BCUT2D eigenvalue weighted by Gasteiger charge is -2.32. The normalized spacial score (nSPS) is 21.9. The number of pyridine rings is 1. The van der Waals surface area contributed by atoms with Crippen LogP contribution in [0.2, 0.25) is 0 Å². The molecule has 4 rings (SSSR count). The summed E-state index contributed by atoms with van der Waals surface area (Å²) in [5.41, 5.74) is 2.35. The lowest BCUT2D eigenvalue weighted by molar-refractivity contribution is -0.136. The number of amides is 2. The zero-order valence-electron chi connectivity index (χ0n) is 16.1. The van der Waals surface area contributed by atoms with Crippen LogP contribution in [-0.2, 0) is 22.6 Å². The van der Waals surface area contributed by atoms with Crippen LogP contribution in [0, 0.1) is 17.8 Å². The molecule has 2 unspecified atom stereocenters. The number of piperidine rings is 1. The minimum absolute atomic E-state index is 0.0128. The molecule has 2 atom stereocenters. The largest absolute Gasteiger partial charge is 0.352 e. The van der Waals surface area contributed by atoms with Crippen molar-refractivity contribution in [2.45, 2.75) is 32.2 Å². The maximum atomic E-state index is 12.8. The average molecular weight is 377 g/mol. The molecule has 2 amide bonds. The number of carbonyl (C=O) groups excluding carboxylic acids is 2. The number of aromatic nitrogens is 1. The minimum atomic E-state index is -0.161. The standard InChI is InChI=1S/C23H27N3O2/c27-22(25-16-19-7-4-10-24-15-19)20-14-21(20)23(28)26-11-8-18(9-12-26)13-17-5-2-1-3-6-17/h1-7,10,15,18,20-21H,8-9,11-14,16H2,(H,25,27). The van der Waals surface area contributed by atoms with E-state index < -0.39 is 0 Å². The first-order chi connectivity index (χ1) is 13.7. The number of hydrogen-bond donors (Lipinski definition) is 1. The molecule has 5 heteroatoms. The van der Waals surface area contributed by atoms with E-state index in [1.54, 1.807) is 12.4 Å². The van der Waals surface area contributed by atoms with Crippen LogP contribution in [0.5, 0.6) is 0 Å². The summed E-state index contributed by atoms with van der Waals surface area (Å²) in [6, 6.07) is 14.4. The van der Waals surface area contributed by atoms with Gasteiger partial charge in [-0.25, -0.2) is 0 Å². The number of hydrogen-bond acceptors (Lipinski definition) is 3. The van der Waals surface area contributed by atoms with Gasteiger partial charge in [0.25, 0.3) is 0 Å². The fraction of sp³-hybridized carbons (Fsp3) is 0.435. The number of carbonyl (C=O) groups is 2. The molecule has 2 fully saturated rings. The second kappa shape index (κ2) is 8.55. The predicted octanol–water partition coefficient (Wildman–Crippen LogP) is 2.82. The van der Waals surface area contributed by atoms with Gasteiger partial charge in [0, 0.05) is 32.0 Å². The predicted molar refractivity (Wildman–Crippen MR) is 107 cm³/mol. The van der Waals surface area contributed by atoms with Crippen molar-refractivity contribution in [3.63, 3.8) is 0 Å². The molecule has 1 aromatic carbocycles. The molecule has 2 heterocycles. The van der Waals surface area contributed by atoms with E-state index >= 15 is 0 Å². The van der Waals surface area contributed by atoms with Gasteiger partial charge in [-0.15, -0.1) is 0 Å². The quantitative estimate of drug-likeness (QED) is 0.842. The van der Waals surface area contributed by atoms with Gasteiger partial charge in [-0.2, -0.15) is 0 Å². The Hall–Kier alpha value is -2.69. The highest BCUT2D eigenvalue weighted by Gasteiger charge is 2.49. The van der Waals surface area contributed by atoms with Gasteiger partial charge < -0.3 is 10.2 Å². The van der Waals surface area contributed by atoms with Crippen molar-refractivity contribution in [2.24, 2.45) is 17.8 Å². The average Bonchev–Trinajstić information content (AvgIpc) is 3.55. The molecule has 5 nitrogen and oxygen atoms in total. The Morgan fingerprint density at radius 3 is 2.46 bits per heavy atom. The van der Waals surface area contributed by atoms with Gasteiger partial charge in [-0.1, -0.05) is 36.4 Å². The number of nitrogens with one attached hydrogen (secondary N) is 1. The van der Waals surface area contributed by atoms with Gasteiger partial charge in [0.15, 0.2) is 0 Å². The van der Waals surface area contributed by atoms with Gasteiger partial charge >= 0.3 is 0 Å².